The zero-order chi connectivity index (χ0) is 13.5. The summed E-state index contributed by atoms with van der Waals surface area (Å²) in [6.07, 6.45) is 6.00. The van der Waals surface area contributed by atoms with Crippen LogP contribution in [0, 0.1) is 5.92 Å². The number of aromatic nitrogens is 2. The second kappa shape index (κ2) is 6.86. The van der Waals surface area contributed by atoms with Crippen LogP contribution >= 0.6 is 24.8 Å². The Morgan fingerprint density at radius 3 is 3.00 bits per heavy atom. The van der Waals surface area contributed by atoms with Gasteiger partial charge in [-0.25, -0.2) is 4.98 Å². The Labute approximate surface area is 141 Å². The summed E-state index contributed by atoms with van der Waals surface area (Å²) in [5.74, 6) is 0.705. The first-order valence-corrected chi connectivity index (χ1v) is 7.24. The fraction of sp³-hybridized carbons (Fsp3) is 0.467. The zero-order valence-electron chi connectivity index (χ0n) is 12.1. The Hall–Kier alpha value is -1.30. The second-order valence-corrected chi connectivity index (χ2v) is 5.93. The number of hydrogen-bond donors (Lipinski definition) is 1. The van der Waals surface area contributed by atoms with Gasteiger partial charge >= 0.3 is 0 Å². The molecule has 2 fully saturated rings. The lowest BCUT2D eigenvalue weighted by molar-refractivity contribution is 0.0904. The third-order valence-corrected chi connectivity index (χ3v) is 4.45. The Balaban J connectivity index is 0.000000882. The molecular formula is C15H20Cl2N4O. The average Bonchev–Trinajstić information content (AvgIpc) is 3.04. The van der Waals surface area contributed by atoms with Crippen molar-refractivity contribution in [1.29, 1.82) is 0 Å². The summed E-state index contributed by atoms with van der Waals surface area (Å²) < 4.78 is 1.91. The van der Waals surface area contributed by atoms with E-state index in [9.17, 15) is 4.79 Å². The normalized spacial score (nSPS) is 26.1. The molecule has 0 aliphatic carbocycles. The smallest absolute Gasteiger partial charge is 0.270 e. The highest BCUT2D eigenvalue weighted by Crippen LogP contribution is 2.26. The van der Waals surface area contributed by atoms with Crippen molar-refractivity contribution in [1.82, 2.24) is 19.6 Å². The summed E-state index contributed by atoms with van der Waals surface area (Å²) in [4.78, 5) is 19.0. The number of halogens is 2. The first-order valence-electron chi connectivity index (χ1n) is 7.24. The summed E-state index contributed by atoms with van der Waals surface area (Å²) in [5, 5.41) is 3.14. The highest BCUT2D eigenvalue weighted by molar-refractivity contribution is 5.93. The molecule has 7 heteroatoms. The topological polar surface area (TPSA) is 49.6 Å². The number of piperidine rings is 1. The van der Waals surface area contributed by atoms with E-state index in [-0.39, 0.29) is 36.8 Å². The van der Waals surface area contributed by atoms with E-state index < -0.39 is 0 Å². The fourth-order valence-electron chi connectivity index (χ4n) is 3.48. The fourth-order valence-corrected chi connectivity index (χ4v) is 3.48. The van der Waals surface area contributed by atoms with Crippen molar-refractivity contribution in [2.75, 3.05) is 19.6 Å². The van der Waals surface area contributed by atoms with Crippen LogP contribution in [0.2, 0.25) is 0 Å². The molecule has 4 heterocycles. The molecule has 1 amide bonds. The minimum Gasteiger partial charge on any atom is -0.347 e. The lowest BCUT2D eigenvalue weighted by Crippen LogP contribution is -2.47. The number of rotatable bonds is 2. The molecule has 2 bridgehead atoms. The van der Waals surface area contributed by atoms with Crippen molar-refractivity contribution in [2.45, 2.75) is 18.9 Å². The molecule has 0 spiro atoms. The molecule has 2 aromatic heterocycles. The van der Waals surface area contributed by atoms with Gasteiger partial charge in [0, 0.05) is 30.8 Å². The van der Waals surface area contributed by atoms with Gasteiger partial charge < -0.3 is 14.6 Å². The van der Waals surface area contributed by atoms with Crippen LogP contribution in [0.15, 0.2) is 30.7 Å². The zero-order valence-corrected chi connectivity index (χ0v) is 13.8. The summed E-state index contributed by atoms with van der Waals surface area (Å²) in [5.41, 5.74) is 1.50. The summed E-state index contributed by atoms with van der Waals surface area (Å²) in [6.45, 7) is 3.38. The van der Waals surface area contributed by atoms with Crippen LogP contribution in [-0.4, -0.2) is 45.9 Å². The largest absolute Gasteiger partial charge is 0.347 e. The van der Waals surface area contributed by atoms with Gasteiger partial charge in [0.15, 0.2) is 0 Å². The quantitative estimate of drug-likeness (QED) is 0.908. The van der Waals surface area contributed by atoms with Gasteiger partial charge in [-0.3, -0.25) is 4.79 Å². The van der Waals surface area contributed by atoms with Crippen LogP contribution in [0.25, 0.3) is 5.52 Å². The van der Waals surface area contributed by atoms with Gasteiger partial charge in [0.2, 0.25) is 0 Å². The van der Waals surface area contributed by atoms with Crippen LogP contribution in [-0.2, 0) is 0 Å². The maximum atomic E-state index is 12.3. The van der Waals surface area contributed by atoms with Crippen LogP contribution in [0.1, 0.15) is 23.3 Å². The van der Waals surface area contributed by atoms with Crippen molar-refractivity contribution in [3.05, 3.63) is 36.4 Å². The van der Waals surface area contributed by atoms with E-state index in [4.69, 9.17) is 0 Å². The molecule has 1 unspecified atom stereocenters. The van der Waals surface area contributed by atoms with Gasteiger partial charge in [-0.15, -0.1) is 24.8 Å². The highest BCUT2D eigenvalue weighted by Gasteiger charge is 2.33. The number of fused-ring (bicyclic) bond motifs is 3. The Bertz CT molecular complexity index is 648. The van der Waals surface area contributed by atoms with Gasteiger partial charge in [-0.05, 0) is 43.5 Å². The SMILES string of the molecule is Cl.Cl.O=C(N[C@@H]1C[C@H]2CCN(C2)C1)c1cc2cccn2cn1. The average molecular weight is 343 g/mol. The van der Waals surface area contributed by atoms with Crippen molar-refractivity contribution >= 4 is 36.2 Å². The summed E-state index contributed by atoms with van der Waals surface area (Å²) >= 11 is 0. The highest BCUT2D eigenvalue weighted by atomic mass is 35.5. The predicted molar refractivity (Wildman–Crippen MR) is 90.1 cm³/mol. The molecule has 2 aromatic rings. The van der Waals surface area contributed by atoms with Gasteiger partial charge in [0.05, 0.1) is 6.33 Å². The van der Waals surface area contributed by atoms with E-state index >= 15 is 0 Å². The molecule has 22 heavy (non-hydrogen) atoms. The second-order valence-electron chi connectivity index (χ2n) is 5.93. The molecule has 0 aromatic carbocycles. The Morgan fingerprint density at radius 2 is 2.18 bits per heavy atom. The Kier molecular flexibility index (Phi) is 5.32. The van der Waals surface area contributed by atoms with E-state index in [1.807, 2.05) is 28.8 Å². The van der Waals surface area contributed by atoms with Crippen molar-refractivity contribution < 1.29 is 4.79 Å². The molecule has 0 radical (unpaired) electrons. The van der Waals surface area contributed by atoms with Crippen LogP contribution in [0.5, 0.6) is 0 Å². The molecule has 2 saturated heterocycles. The van der Waals surface area contributed by atoms with Crippen molar-refractivity contribution in [3.8, 4) is 0 Å². The van der Waals surface area contributed by atoms with Crippen LogP contribution < -0.4 is 5.32 Å². The van der Waals surface area contributed by atoms with Crippen molar-refractivity contribution in [2.24, 2.45) is 5.92 Å². The predicted octanol–water partition coefficient (Wildman–Crippen LogP) is 2.00. The molecular weight excluding hydrogens is 323 g/mol. The van der Waals surface area contributed by atoms with E-state index in [2.05, 4.69) is 15.2 Å². The third kappa shape index (κ3) is 3.21. The van der Waals surface area contributed by atoms with Gasteiger partial charge in [-0.1, -0.05) is 0 Å². The third-order valence-electron chi connectivity index (χ3n) is 4.45. The molecule has 1 N–H and O–H groups in total. The van der Waals surface area contributed by atoms with Gasteiger partial charge in [-0.2, -0.15) is 0 Å². The number of hydrogen-bond acceptors (Lipinski definition) is 3. The van der Waals surface area contributed by atoms with Gasteiger partial charge in [0.25, 0.3) is 5.91 Å². The number of carbonyl (C=O) groups excluding carboxylic acids is 1. The number of amides is 1. The standard InChI is InChI=1S/C15H18N4O.2ClH/c20-15(14-7-13-2-1-4-19(13)10-16-14)17-12-6-11-3-5-18(8-11)9-12;;/h1-2,4,7,10-12H,3,5-6,8-9H2,(H,17,20);2*1H/t11-,12-;;/m1../s1. The number of nitrogens with zero attached hydrogens (tertiary/aromatic N) is 3. The first-order chi connectivity index (χ1) is 9.78. The monoisotopic (exact) mass is 342 g/mol. The van der Waals surface area contributed by atoms with Crippen molar-refractivity contribution in [3.63, 3.8) is 0 Å². The van der Waals surface area contributed by atoms with E-state index in [0.717, 1.165) is 24.4 Å². The molecule has 5 nitrogen and oxygen atoms in total. The van der Waals surface area contributed by atoms with Crippen LogP contribution in [0.4, 0.5) is 0 Å². The lowest BCUT2D eigenvalue weighted by atomic mass is 9.97. The molecule has 0 saturated carbocycles. The van der Waals surface area contributed by atoms with E-state index in [1.54, 1.807) is 6.33 Å². The summed E-state index contributed by atoms with van der Waals surface area (Å²) in [7, 11) is 0. The van der Waals surface area contributed by atoms with E-state index in [0.29, 0.717) is 5.69 Å². The molecule has 3 atom stereocenters. The number of carbonyl (C=O) groups is 1. The molecule has 120 valence electrons. The lowest BCUT2D eigenvalue weighted by Gasteiger charge is -2.30. The first kappa shape index (κ1) is 17.1. The van der Waals surface area contributed by atoms with Crippen LogP contribution in [0.3, 0.4) is 0 Å². The maximum Gasteiger partial charge on any atom is 0.270 e. The van der Waals surface area contributed by atoms with Gasteiger partial charge in [0.1, 0.15) is 5.69 Å². The minimum absolute atomic E-state index is 0. The molecule has 2 aliphatic rings. The maximum absolute atomic E-state index is 12.3. The van der Waals surface area contributed by atoms with E-state index in [1.165, 1.54) is 19.5 Å². The number of nitrogens with one attached hydrogen (secondary N) is 1. The molecule has 4 rings (SSSR count). The summed E-state index contributed by atoms with van der Waals surface area (Å²) in [6, 6.07) is 6.04. The minimum atomic E-state index is -0.0544. The Morgan fingerprint density at radius 1 is 1.32 bits per heavy atom. The molecule has 2 aliphatic heterocycles.